The molecule has 0 spiro atoms. The highest BCUT2D eigenvalue weighted by molar-refractivity contribution is 7.25. The van der Waals surface area contributed by atoms with Crippen LogP contribution in [0, 0.1) is 0 Å². The Morgan fingerprint density at radius 1 is 0.481 bits per heavy atom. The molecule has 0 radical (unpaired) electrons. The van der Waals surface area contributed by atoms with E-state index in [2.05, 4.69) is 163 Å². The Morgan fingerprint density at radius 2 is 1.11 bits per heavy atom. The molecule has 0 atom stereocenters. The quantitative estimate of drug-likeness (QED) is 0.182. The zero-order chi connectivity index (χ0) is 36.9. The van der Waals surface area contributed by atoms with Gasteiger partial charge in [-0.05, 0) is 63.0 Å². The van der Waals surface area contributed by atoms with Crippen molar-refractivity contribution in [3.8, 4) is 33.6 Å². The van der Waals surface area contributed by atoms with Crippen LogP contribution in [-0.2, 0) is 10.8 Å². The van der Waals surface area contributed by atoms with Crippen LogP contribution in [0.25, 0.3) is 97.6 Å². The largest absolute Gasteiger partial charge is 0.438 e. The second kappa shape index (κ2) is 11.8. The molecule has 0 unspecified atom stereocenters. The van der Waals surface area contributed by atoms with Crippen LogP contribution < -0.4 is 0 Å². The summed E-state index contributed by atoms with van der Waals surface area (Å²) in [7, 11) is 0. The van der Waals surface area contributed by atoms with Gasteiger partial charge in [-0.2, -0.15) is 4.98 Å². The molecule has 0 aliphatic carbocycles. The molecule has 0 bridgehead atoms. The molecule has 10 rings (SSSR count). The van der Waals surface area contributed by atoms with Gasteiger partial charge in [0.15, 0.2) is 0 Å². The SMILES string of the molecule is CC(C)(C)c1nc(-c2ccc3ccccc3c2)c2c(n1)oc1cc(-c3cccc4cc(-c5nc(C(C)(C)C)nc6sc7ccccc7c56)ccc34)ccc12. The van der Waals surface area contributed by atoms with Gasteiger partial charge in [-0.1, -0.05) is 133 Å². The molecule has 5 nitrogen and oxygen atoms in total. The number of nitrogens with zero attached hydrogens (tertiary/aromatic N) is 4. The zero-order valence-corrected chi connectivity index (χ0v) is 32.0. The number of rotatable bonds is 3. The van der Waals surface area contributed by atoms with Crippen molar-refractivity contribution in [3.05, 3.63) is 133 Å². The molecule has 0 aliphatic heterocycles. The van der Waals surface area contributed by atoms with E-state index in [-0.39, 0.29) is 10.8 Å². The maximum atomic E-state index is 6.63. The minimum Gasteiger partial charge on any atom is -0.438 e. The van der Waals surface area contributed by atoms with E-state index in [0.29, 0.717) is 5.71 Å². The van der Waals surface area contributed by atoms with Gasteiger partial charge < -0.3 is 4.42 Å². The number of hydrogen-bond acceptors (Lipinski definition) is 6. The van der Waals surface area contributed by atoms with Crippen LogP contribution in [0.3, 0.4) is 0 Å². The number of aromatic nitrogens is 4. The molecule has 4 heterocycles. The lowest BCUT2D eigenvalue weighted by Crippen LogP contribution is -2.16. The molecule has 0 fully saturated rings. The van der Waals surface area contributed by atoms with Crippen molar-refractivity contribution in [2.45, 2.75) is 52.4 Å². The lowest BCUT2D eigenvalue weighted by Gasteiger charge is -2.18. The molecule has 4 aromatic heterocycles. The fraction of sp³-hybridized carbons (Fsp3) is 0.167. The Bertz CT molecular complexity index is 3140. The Labute approximate surface area is 317 Å². The molecule has 0 saturated heterocycles. The number of hydrogen-bond donors (Lipinski definition) is 0. The van der Waals surface area contributed by atoms with Crippen LogP contribution in [0.15, 0.2) is 126 Å². The fourth-order valence-electron chi connectivity index (χ4n) is 7.57. The van der Waals surface area contributed by atoms with E-state index < -0.39 is 0 Å². The van der Waals surface area contributed by atoms with Crippen molar-refractivity contribution in [2.24, 2.45) is 0 Å². The van der Waals surface area contributed by atoms with E-state index in [4.69, 9.17) is 24.4 Å². The first kappa shape index (κ1) is 32.7. The minimum absolute atomic E-state index is 0.186. The predicted molar refractivity (Wildman–Crippen MR) is 227 cm³/mol. The first-order valence-corrected chi connectivity index (χ1v) is 19.3. The summed E-state index contributed by atoms with van der Waals surface area (Å²) in [5, 5.41) is 8.96. The summed E-state index contributed by atoms with van der Waals surface area (Å²) in [5.41, 5.74) is 7.20. The van der Waals surface area contributed by atoms with Crippen LogP contribution in [0.4, 0.5) is 0 Å². The first-order valence-electron chi connectivity index (χ1n) is 18.5. The second-order valence-corrected chi connectivity index (χ2v) is 17.4. The van der Waals surface area contributed by atoms with Crippen LogP contribution in [0.2, 0.25) is 0 Å². The standard InChI is InChI=1S/C48H38N4OS/c1-47(2,3)45-49-41(31-19-18-27-12-7-8-13-28(27)24-31)39-35-23-20-30(26-37(35)53-43(39)51-45)33-16-11-14-29-25-32(21-22-34(29)33)42-40-36-15-9-10-17-38(36)54-44(40)52-46(50-42)48(4,5)6/h7-26H,1-6H3. The van der Waals surface area contributed by atoms with Crippen LogP contribution in [0.5, 0.6) is 0 Å². The Morgan fingerprint density at radius 3 is 1.91 bits per heavy atom. The second-order valence-electron chi connectivity index (χ2n) is 16.4. The summed E-state index contributed by atoms with van der Waals surface area (Å²) < 4.78 is 7.86. The van der Waals surface area contributed by atoms with E-state index >= 15 is 0 Å². The van der Waals surface area contributed by atoms with Gasteiger partial charge in [-0.15, -0.1) is 11.3 Å². The molecule has 0 aliphatic rings. The third-order valence-corrected chi connectivity index (χ3v) is 11.5. The lowest BCUT2D eigenvalue weighted by atomic mass is 9.93. The summed E-state index contributed by atoms with van der Waals surface area (Å²) in [4.78, 5) is 21.5. The van der Waals surface area contributed by atoms with E-state index in [1.807, 2.05) is 0 Å². The van der Waals surface area contributed by atoms with E-state index in [1.165, 1.54) is 26.2 Å². The van der Waals surface area contributed by atoms with Crippen molar-refractivity contribution in [1.29, 1.82) is 0 Å². The summed E-state index contributed by atoms with van der Waals surface area (Å²) in [6.45, 7) is 13.0. The van der Waals surface area contributed by atoms with Gasteiger partial charge >= 0.3 is 0 Å². The van der Waals surface area contributed by atoms with Crippen molar-refractivity contribution < 1.29 is 4.42 Å². The van der Waals surface area contributed by atoms with Gasteiger partial charge in [0.2, 0.25) is 5.71 Å². The van der Waals surface area contributed by atoms with Crippen LogP contribution in [0.1, 0.15) is 53.2 Å². The molecule has 6 aromatic carbocycles. The average molecular weight is 719 g/mol. The smallest absolute Gasteiger partial charge is 0.231 e. The number of furan rings is 1. The third-order valence-electron chi connectivity index (χ3n) is 10.4. The van der Waals surface area contributed by atoms with E-state index in [1.54, 1.807) is 11.3 Å². The zero-order valence-electron chi connectivity index (χ0n) is 31.2. The summed E-state index contributed by atoms with van der Waals surface area (Å²) in [6, 6.07) is 43.3. The van der Waals surface area contributed by atoms with Gasteiger partial charge in [0.05, 0.1) is 16.8 Å². The van der Waals surface area contributed by atoms with Gasteiger partial charge in [0.1, 0.15) is 22.1 Å². The van der Waals surface area contributed by atoms with Gasteiger partial charge in [0, 0.05) is 42.8 Å². The molecule has 262 valence electrons. The van der Waals surface area contributed by atoms with Crippen LogP contribution in [-0.4, -0.2) is 19.9 Å². The molecule has 10 aromatic rings. The highest BCUT2D eigenvalue weighted by Gasteiger charge is 2.25. The molecule has 0 N–H and O–H groups in total. The summed E-state index contributed by atoms with van der Waals surface area (Å²) >= 11 is 1.74. The monoisotopic (exact) mass is 718 g/mol. The summed E-state index contributed by atoms with van der Waals surface area (Å²) in [5.74, 6) is 1.61. The van der Waals surface area contributed by atoms with Gasteiger partial charge in [-0.25, -0.2) is 15.0 Å². The van der Waals surface area contributed by atoms with Crippen molar-refractivity contribution >= 4 is 75.3 Å². The van der Waals surface area contributed by atoms with Crippen molar-refractivity contribution in [1.82, 2.24) is 19.9 Å². The Hall–Kier alpha value is -5.98. The Balaban J connectivity index is 1.13. The first-order chi connectivity index (χ1) is 26.0. The molecule has 0 saturated carbocycles. The summed E-state index contributed by atoms with van der Waals surface area (Å²) in [6.07, 6.45) is 0. The molecule has 6 heteroatoms. The molecular weight excluding hydrogens is 681 g/mol. The topological polar surface area (TPSA) is 64.7 Å². The average Bonchev–Trinajstić information content (AvgIpc) is 3.74. The highest BCUT2D eigenvalue weighted by atomic mass is 32.1. The van der Waals surface area contributed by atoms with Gasteiger partial charge in [0.25, 0.3) is 0 Å². The third kappa shape index (κ3) is 5.27. The normalized spacial score (nSPS) is 12.6. The van der Waals surface area contributed by atoms with Gasteiger partial charge in [-0.3, -0.25) is 0 Å². The maximum absolute atomic E-state index is 6.63. The lowest BCUT2D eigenvalue weighted by molar-refractivity contribution is 0.540. The minimum atomic E-state index is -0.256. The molecule has 0 amide bonds. The van der Waals surface area contributed by atoms with Crippen molar-refractivity contribution in [3.63, 3.8) is 0 Å². The predicted octanol–water partition coefficient (Wildman–Crippen LogP) is 13.4. The maximum Gasteiger partial charge on any atom is 0.231 e. The number of thiophene rings is 1. The van der Waals surface area contributed by atoms with Crippen LogP contribution >= 0.6 is 11.3 Å². The molecular formula is C48H38N4OS. The van der Waals surface area contributed by atoms with E-state index in [0.717, 1.165) is 77.2 Å². The number of benzene rings is 6. The van der Waals surface area contributed by atoms with Crippen molar-refractivity contribution in [2.75, 3.05) is 0 Å². The Kier molecular flexibility index (Phi) is 7.11. The van der Waals surface area contributed by atoms with E-state index in [9.17, 15) is 0 Å². The fourth-order valence-corrected chi connectivity index (χ4v) is 8.65. The molecule has 54 heavy (non-hydrogen) atoms. The number of fused-ring (bicyclic) bond motifs is 8. The highest BCUT2D eigenvalue weighted by Crippen LogP contribution is 2.42.